The van der Waals surface area contributed by atoms with E-state index in [2.05, 4.69) is 22.9 Å². The number of thiophene rings is 1. The molecule has 1 aliphatic heterocycles. The summed E-state index contributed by atoms with van der Waals surface area (Å²) in [6, 6.07) is 2.07. The molecule has 1 aliphatic rings. The van der Waals surface area contributed by atoms with Gasteiger partial charge in [0.05, 0.1) is 4.58 Å². The average molecular weight is 263 g/mol. The molecule has 1 fully saturated rings. The van der Waals surface area contributed by atoms with Gasteiger partial charge in [0.15, 0.2) is 0 Å². The Balaban J connectivity index is 2.02. The van der Waals surface area contributed by atoms with Gasteiger partial charge in [0.1, 0.15) is 0 Å². The summed E-state index contributed by atoms with van der Waals surface area (Å²) in [5.41, 5.74) is 1.16. The highest BCUT2D eigenvalue weighted by atomic mass is 35.5. The number of halogens is 1. The van der Waals surface area contributed by atoms with Gasteiger partial charge in [0, 0.05) is 10.6 Å². The number of thioether (sulfide) groups is 2. The summed E-state index contributed by atoms with van der Waals surface area (Å²) in [5, 5.41) is 5.06. The third-order valence-electron chi connectivity index (χ3n) is 1.93. The van der Waals surface area contributed by atoms with Crippen LogP contribution in [-0.4, -0.2) is 16.1 Å². The van der Waals surface area contributed by atoms with Crippen LogP contribution < -0.4 is 0 Å². The van der Waals surface area contributed by atoms with E-state index in [-0.39, 0.29) is 0 Å². The molecular weight excluding hydrogens is 252 g/mol. The molecule has 0 bridgehead atoms. The molecule has 1 saturated heterocycles. The van der Waals surface area contributed by atoms with Gasteiger partial charge >= 0.3 is 0 Å². The van der Waals surface area contributed by atoms with Crippen molar-refractivity contribution in [3.63, 3.8) is 0 Å². The summed E-state index contributed by atoms with van der Waals surface area (Å²) in [5.74, 6) is 2.53. The Morgan fingerprint density at radius 2 is 2.21 bits per heavy atom. The fourth-order valence-corrected chi connectivity index (χ4v) is 5.03. The quantitative estimate of drug-likeness (QED) is 0.768. The van der Waals surface area contributed by atoms with Crippen molar-refractivity contribution in [2.24, 2.45) is 0 Å². The number of rotatable bonds is 2. The largest absolute Gasteiger partial charge is 0.152 e. The minimum absolute atomic E-state index is 0.552. The lowest BCUT2D eigenvalue weighted by atomic mass is 10.3. The van der Waals surface area contributed by atoms with E-state index in [0.717, 1.165) is 10.6 Å². The van der Waals surface area contributed by atoms with Gasteiger partial charge in [-0.05, 0) is 40.8 Å². The highest BCUT2D eigenvalue weighted by Crippen LogP contribution is 2.34. The van der Waals surface area contributed by atoms with Crippen molar-refractivity contribution >= 4 is 51.5 Å². The lowest BCUT2D eigenvalue weighted by molar-refractivity contribution is 1.11. The van der Waals surface area contributed by atoms with Crippen molar-refractivity contribution in [3.8, 4) is 0 Å². The molecule has 76 valence electrons. The fourth-order valence-electron chi connectivity index (χ4n) is 1.22. The molecular formula is C10H11ClS3. The minimum atomic E-state index is 0.552. The van der Waals surface area contributed by atoms with Crippen molar-refractivity contribution in [3.05, 3.63) is 28.5 Å². The van der Waals surface area contributed by atoms with E-state index in [0.29, 0.717) is 4.58 Å². The lowest BCUT2D eigenvalue weighted by Crippen LogP contribution is -2.03. The van der Waals surface area contributed by atoms with E-state index < -0.39 is 0 Å². The van der Waals surface area contributed by atoms with Crippen LogP contribution in [0.4, 0.5) is 0 Å². The van der Waals surface area contributed by atoms with Crippen LogP contribution in [0.25, 0.3) is 5.03 Å². The third-order valence-corrected chi connectivity index (χ3v) is 5.75. The van der Waals surface area contributed by atoms with Gasteiger partial charge in [0.25, 0.3) is 0 Å². The SMILES string of the molecule is Cl/C(=C\C1SCCCS1)c1ccsc1. The molecule has 0 nitrogen and oxygen atoms in total. The monoisotopic (exact) mass is 262 g/mol. The van der Waals surface area contributed by atoms with Crippen LogP contribution in [0.3, 0.4) is 0 Å². The van der Waals surface area contributed by atoms with Crippen LogP contribution in [0.5, 0.6) is 0 Å². The van der Waals surface area contributed by atoms with E-state index in [9.17, 15) is 0 Å². The van der Waals surface area contributed by atoms with Crippen LogP contribution in [0.15, 0.2) is 22.9 Å². The molecule has 1 aromatic rings. The van der Waals surface area contributed by atoms with Crippen molar-refractivity contribution in [1.82, 2.24) is 0 Å². The van der Waals surface area contributed by atoms with E-state index in [4.69, 9.17) is 11.6 Å². The molecule has 0 radical (unpaired) electrons. The van der Waals surface area contributed by atoms with Gasteiger partial charge in [-0.25, -0.2) is 0 Å². The van der Waals surface area contributed by atoms with Gasteiger partial charge in [-0.3, -0.25) is 0 Å². The van der Waals surface area contributed by atoms with Crippen LogP contribution in [-0.2, 0) is 0 Å². The van der Waals surface area contributed by atoms with Crippen molar-refractivity contribution < 1.29 is 0 Å². The summed E-state index contributed by atoms with van der Waals surface area (Å²) in [6.07, 6.45) is 3.51. The Bertz CT molecular complexity index is 299. The second kappa shape index (κ2) is 5.50. The predicted octanol–water partition coefficient (Wildman–Crippen LogP) is 4.52. The van der Waals surface area contributed by atoms with Crippen molar-refractivity contribution in [2.45, 2.75) is 11.0 Å². The maximum Gasteiger partial charge on any atom is 0.0699 e. The summed E-state index contributed by atoms with van der Waals surface area (Å²) in [7, 11) is 0. The Kier molecular flexibility index (Phi) is 4.29. The first kappa shape index (κ1) is 10.9. The first-order valence-corrected chi connectivity index (χ1v) is 7.91. The zero-order chi connectivity index (χ0) is 9.80. The average Bonchev–Trinajstić information content (AvgIpc) is 2.72. The molecule has 0 atom stereocenters. The first-order valence-electron chi connectivity index (χ1n) is 4.49. The molecule has 2 heterocycles. The van der Waals surface area contributed by atoms with E-state index >= 15 is 0 Å². The molecule has 0 N–H and O–H groups in total. The molecule has 14 heavy (non-hydrogen) atoms. The molecule has 0 amide bonds. The second-order valence-electron chi connectivity index (χ2n) is 2.99. The molecule has 2 rings (SSSR count). The molecule has 0 saturated carbocycles. The van der Waals surface area contributed by atoms with E-state index in [1.54, 1.807) is 11.3 Å². The maximum absolute atomic E-state index is 6.22. The predicted molar refractivity (Wildman–Crippen MR) is 71.5 cm³/mol. The summed E-state index contributed by atoms with van der Waals surface area (Å²) >= 11 is 11.9. The zero-order valence-electron chi connectivity index (χ0n) is 7.61. The van der Waals surface area contributed by atoms with Gasteiger partial charge < -0.3 is 0 Å². The van der Waals surface area contributed by atoms with Gasteiger partial charge in [-0.2, -0.15) is 11.3 Å². The second-order valence-corrected chi connectivity index (χ2v) is 6.97. The lowest BCUT2D eigenvalue weighted by Gasteiger charge is -2.17. The molecule has 1 aromatic heterocycles. The Morgan fingerprint density at radius 3 is 2.86 bits per heavy atom. The Morgan fingerprint density at radius 1 is 1.43 bits per heavy atom. The third kappa shape index (κ3) is 2.96. The Labute approximate surface area is 102 Å². The first-order chi connectivity index (χ1) is 6.86. The summed E-state index contributed by atoms with van der Waals surface area (Å²) in [6.45, 7) is 0. The summed E-state index contributed by atoms with van der Waals surface area (Å²) < 4.78 is 0.552. The van der Waals surface area contributed by atoms with E-state index in [1.807, 2.05) is 23.5 Å². The number of hydrogen-bond donors (Lipinski definition) is 0. The van der Waals surface area contributed by atoms with Gasteiger partial charge in [0.2, 0.25) is 0 Å². The van der Waals surface area contributed by atoms with Crippen LogP contribution in [0, 0.1) is 0 Å². The minimum Gasteiger partial charge on any atom is -0.152 e. The Hall–Kier alpha value is 0.430. The summed E-state index contributed by atoms with van der Waals surface area (Å²) in [4.78, 5) is 0. The standard InChI is InChI=1S/C10H11ClS3/c11-9(8-2-5-12-7-8)6-10-13-3-1-4-14-10/h2,5-7,10H,1,3-4H2/b9-6-. The maximum atomic E-state index is 6.22. The van der Waals surface area contributed by atoms with Crippen LogP contribution in [0.2, 0.25) is 0 Å². The zero-order valence-corrected chi connectivity index (χ0v) is 10.8. The topological polar surface area (TPSA) is 0 Å². The highest BCUT2D eigenvalue weighted by Gasteiger charge is 2.12. The van der Waals surface area contributed by atoms with Crippen LogP contribution in [0.1, 0.15) is 12.0 Å². The van der Waals surface area contributed by atoms with E-state index in [1.165, 1.54) is 17.9 Å². The molecule has 0 unspecified atom stereocenters. The number of hydrogen-bond acceptors (Lipinski definition) is 3. The smallest absolute Gasteiger partial charge is 0.0699 e. The molecule has 0 aliphatic carbocycles. The molecule has 0 spiro atoms. The van der Waals surface area contributed by atoms with Gasteiger partial charge in [-0.15, -0.1) is 23.5 Å². The fraction of sp³-hybridized carbons (Fsp3) is 0.400. The van der Waals surface area contributed by atoms with Crippen LogP contribution >= 0.6 is 46.5 Å². The molecule has 4 heteroatoms. The highest BCUT2D eigenvalue weighted by molar-refractivity contribution is 8.17. The van der Waals surface area contributed by atoms with Crippen molar-refractivity contribution in [2.75, 3.05) is 11.5 Å². The van der Waals surface area contributed by atoms with Crippen molar-refractivity contribution in [1.29, 1.82) is 0 Å². The van der Waals surface area contributed by atoms with Gasteiger partial charge in [-0.1, -0.05) is 11.6 Å². The normalized spacial score (nSPS) is 19.9. The molecule has 0 aromatic carbocycles.